The Morgan fingerprint density at radius 3 is 1.54 bits per heavy atom. The number of carbonyl (C=O) groups is 3. The summed E-state index contributed by atoms with van der Waals surface area (Å²) in [6.45, 7) is 4.03. The Bertz CT molecular complexity index is 1110. The van der Waals surface area contributed by atoms with Crippen LogP contribution in [0.1, 0.15) is 162 Å². The molecule has 1 atom stereocenters. The number of hydrogen-bond donors (Lipinski definition) is 2. The number of hydrogen-bond acceptors (Lipinski definition) is 4. The van der Waals surface area contributed by atoms with Crippen molar-refractivity contribution in [3.8, 4) is 0 Å². The molecule has 0 radical (unpaired) electrons. The minimum absolute atomic E-state index is 0.128. The first kappa shape index (κ1) is 48.3. The Balaban J connectivity index is 4.17. The zero-order chi connectivity index (χ0) is 38.0. The van der Waals surface area contributed by atoms with Crippen LogP contribution in [0.5, 0.6) is 0 Å². The largest absolute Gasteiger partial charge is 0.480 e. The predicted molar refractivity (Wildman–Crippen MR) is 221 cm³/mol. The molecular weight excluding hydrogens is 647 g/mol. The van der Waals surface area contributed by atoms with E-state index in [1.165, 1.54) is 19.3 Å². The molecule has 0 heterocycles. The number of carboxylic acids is 1. The van der Waals surface area contributed by atoms with Crippen LogP contribution in [-0.4, -0.2) is 35.6 Å². The van der Waals surface area contributed by atoms with E-state index in [0.29, 0.717) is 19.3 Å². The Morgan fingerprint density at radius 2 is 1.00 bits per heavy atom. The zero-order valence-corrected chi connectivity index (χ0v) is 32.9. The molecule has 0 aliphatic rings. The fraction of sp³-hybridized carbons (Fsp3) is 0.587. The lowest BCUT2D eigenvalue weighted by atomic mass is 10.1. The second kappa shape index (κ2) is 40.1. The molecule has 0 rings (SSSR count). The first-order chi connectivity index (χ1) is 25.5. The minimum atomic E-state index is -1.04. The third-order valence-corrected chi connectivity index (χ3v) is 8.22. The van der Waals surface area contributed by atoms with Gasteiger partial charge in [-0.1, -0.05) is 144 Å². The van der Waals surface area contributed by atoms with Crippen LogP contribution in [-0.2, 0) is 19.1 Å². The van der Waals surface area contributed by atoms with Crippen LogP contribution in [0, 0.1) is 0 Å². The van der Waals surface area contributed by atoms with Crippen molar-refractivity contribution >= 4 is 17.8 Å². The number of rotatable bonds is 35. The highest BCUT2D eigenvalue weighted by Gasteiger charge is 2.11. The van der Waals surface area contributed by atoms with Gasteiger partial charge in [-0.3, -0.25) is 14.4 Å². The molecule has 6 heteroatoms. The van der Waals surface area contributed by atoms with Crippen LogP contribution >= 0.6 is 0 Å². The second-order valence-electron chi connectivity index (χ2n) is 13.2. The standard InChI is InChI=1S/C46H73NO5/c1-3-5-7-9-11-13-14-15-16-17-18-19-20-21-22-23-24-25-26-27-29-31-37-41-46(51)52-43(38-34-30-28-12-10-8-6-4-2)39-35-32-33-36-40-44(48)47-42-45(49)50/h5,7,11-13,15-16,18-19,21-22,24-25,28,34,38,43H,3-4,6,8-10,14,17,20,23,26-27,29-33,35-37,39-42H2,1-2H3,(H,47,48)(H,49,50)/b7-5-,13-11-,16-15-,19-18-,22-21-,25-24-,28-12-,38-34-. The van der Waals surface area contributed by atoms with E-state index in [9.17, 15) is 14.4 Å². The Labute approximate surface area is 318 Å². The Kier molecular flexibility index (Phi) is 37.3. The molecule has 2 N–H and O–H groups in total. The number of ether oxygens (including phenoxy) is 1. The van der Waals surface area contributed by atoms with Crippen molar-refractivity contribution in [3.05, 3.63) is 97.2 Å². The van der Waals surface area contributed by atoms with Gasteiger partial charge in [-0.05, 0) is 102 Å². The average molecular weight is 720 g/mol. The van der Waals surface area contributed by atoms with Gasteiger partial charge in [-0.15, -0.1) is 0 Å². The highest BCUT2D eigenvalue weighted by Crippen LogP contribution is 2.14. The molecule has 6 nitrogen and oxygen atoms in total. The lowest BCUT2D eigenvalue weighted by Crippen LogP contribution is -2.28. The van der Waals surface area contributed by atoms with E-state index in [1.807, 2.05) is 6.08 Å². The van der Waals surface area contributed by atoms with Crippen molar-refractivity contribution in [1.29, 1.82) is 0 Å². The highest BCUT2D eigenvalue weighted by atomic mass is 16.5. The maximum Gasteiger partial charge on any atom is 0.322 e. The lowest BCUT2D eigenvalue weighted by molar-refractivity contribution is -0.147. The van der Waals surface area contributed by atoms with Crippen LogP contribution in [0.15, 0.2) is 97.2 Å². The summed E-state index contributed by atoms with van der Waals surface area (Å²) in [5.74, 6) is -1.39. The molecule has 0 aliphatic carbocycles. The number of allylic oxidation sites excluding steroid dienone is 15. The van der Waals surface area contributed by atoms with Crippen molar-refractivity contribution in [3.63, 3.8) is 0 Å². The third-order valence-electron chi connectivity index (χ3n) is 8.22. The van der Waals surface area contributed by atoms with Crippen molar-refractivity contribution in [2.75, 3.05) is 6.54 Å². The Hall–Kier alpha value is -3.67. The van der Waals surface area contributed by atoms with Gasteiger partial charge < -0.3 is 15.2 Å². The van der Waals surface area contributed by atoms with E-state index in [4.69, 9.17) is 9.84 Å². The van der Waals surface area contributed by atoms with Gasteiger partial charge in [0, 0.05) is 12.8 Å². The van der Waals surface area contributed by atoms with Crippen LogP contribution in [0.2, 0.25) is 0 Å². The van der Waals surface area contributed by atoms with Gasteiger partial charge in [0.25, 0.3) is 0 Å². The van der Waals surface area contributed by atoms with Crippen LogP contribution in [0.25, 0.3) is 0 Å². The van der Waals surface area contributed by atoms with Crippen LogP contribution in [0.4, 0.5) is 0 Å². The maximum atomic E-state index is 12.6. The fourth-order valence-electron chi connectivity index (χ4n) is 5.23. The van der Waals surface area contributed by atoms with E-state index < -0.39 is 5.97 Å². The van der Waals surface area contributed by atoms with E-state index in [1.54, 1.807) is 0 Å². The molecule has 0 aromatic rings. The second-order valence-corrected chi connectivity index (χ2v) is 13.2. The number of aliphatic carboxylic acids is 1. The van der Waals surface area contributed by atoms with Crippen molar-refractivity contribution in [2.24, 2.45) is 0 Å². The lowest BCUT2D eigenvalue weighted by Gasteiger charge is -2.14. The normalized spacial score (nSPS) is 13.1. The van der Waals surface area contributed by atoms with Gasteiger partial charge in [0.05, 0.1) is 0 Å². The van der Waals surface area contributed by atoms with Gasteiger partial charge in [-0.25, -0.2) is 0 Å². The van der Waals surface area contributed by atoms with Crippen LogP contribution in [0.3, 0.4) is 0 Å². The number of nitrogens with one attached hydrogen (secondary N) is 1. The maximum absolute atomic E-state index is 12.6. The Morgan fingerprint density at radius 1 is 0.538 bits per heavy atom. The smallest absolute Gasteiger partial charge is 0.322 e. The number of esters is 1. The molecular formula is C46H73NO5. The molecule has 0 bridgehead atoms. The summed E-state index contributed by atoms with van der Waals surface area (Å²) in [7, 11) is 0. The van der Waals surface area contributed by atoms with Gasteiger partial charge in [-0.2, -0.15) is 0 Å². The molecule has 1 unspecified atom stereocenters. The first-order valence-corrected chi connectivity index (χ1v) is 20.4. The number of carbonyl (C=O) groups excluding carboxylic acids is 2. The summed E-state index contributed by atoms with van der Waals surface area (Å²) in [5, 5.41) is 11.1. The van der Waals surface area contributed by atoms with Gasteiger partial charge in [0.1, 0.15) is 12.6 Å². The molecule has 0 saturated heterocycles. The monoisotopic (exact) mass is 720 g/mol. The summed E-state index contributed by atoms with van der Waals surface area (Å²) in [4.78, 5) is 34.9. The van der Waals surface area contributed by atoms with Crippen molar-refractivity contribution in [2.45, 2.75) is 168 Å². The molecule has 0 saturated carbocycles. The summed E-state index contributed by atoms with van der Waals surface area (Å²) in [6.07, 6.45) is 56.9. The molecule has 0 aromatic heterocycles. The van der Waals surface area contributed by atoms with Gasteiger partial charge >= 0.3 is 11.9 Å². The van der Waals surface area contributed by atoms with Gasteiger partial charge in [0.15, 0.2) is 0 Å². The summed E-state index contributed by atoms with van der Waals surface area (Å²) < 4.78 is 5.86. The molecule has 0 aliphatic heterocycles. The minimum Gasteiger partial charge on any atom is -0.480 e. The first-order valence-electron chi connectivity index (χ1n) is 20.4. The summed E-state index contributed by atoms with van der Waals surface area (Å²) in [6, 6.07) is 0. The van der Waals surface area contributed by atoms with Crippen molar-refractivity contribution in [1.82, 2.24) is 5.32 Å². The van der Waals surface area contributed by atoms with Crippen LogP contribution < -0.4 is 5.32 Å². The van der Waals surface area contributed by atoms with E-state index in [-0.39, 0.29) is 24.5 Å². The summed E-state index contributed by atoms with van der Waals surface area (Å²) in [5.41, 5.74) is 0. The quantitative estimate of drug-likeness (QED) is 0.0386. The summed E-state index contributed by atoms with van der Waals surface area (Å²) >= 11 is 0. The molecule has 52 heavy (non-hydrogen) atoms. The number of carboxylic acid groups (broad SMARTS) is 1. The van der Waals surface area contributed by atoms with Crippen molar-refractivity contribution < 1.29 is 24.2 Å². The van der Waals surface area contributed by atoms with E-state index in [0.717, 1.165) is 109 Å². The van der Waals surface area contributed by atoms with E-state index in [2.05, 4.69) is 110 Å². The number of amides is 1. The third kappa shape index (κ3) is 39.1. The topological polar surface area (TPSA) is 92.7 Å². The molecule has 292 valence electrons. The molecule has 0 spiro atoms. The SMILES string of the molecule is CC/C=C\C/C=C\C/C=C\C/C=C\C/C=C\C/C=C\CCCCCCC(=O)OC(/C=C\C/C=C\CCCCC)CCCCCCC(=O)NCC(=O)O. The molecule has 1 amide bonds. The molecule has 0 fully saturated rings. The average Bonchev–Trinajstić information content (AvgIpc) is 3.13. The fourth-order valence-corrected chi connectivity index (χ4v) is 5.23. The van der Waals surface area contributed by atoms with Gasteiger partial charge in [0.2, 0.25) is 5.91 Å². The molecule has 0 aromatic carbocycles. The number of unbranched alkanes of at least 4 members (excludes halogenated alkanes) is 10. The van der Waals surface area contributed by atoms with E-state index >= 15 is 0 Å². The highest BCUT2D eigenvalue weighted by molar-refractivity contribution is 5.80. The zero-order valence-electron chi connectivity index (χ0n) is 32.9. The predicted octanol–water partition coefficient (Wildman–Crippen LogP) is 12.6.